The van der Waals surface area contributed by atoms with Crippen molar-refractivity contribution in [3.8, 4) is 5.75 Å². The quantitative estimate of drug-likeness (QED) is 0.574. The first-order valence-electron chi connectivity index (χ1n) is 12.1. The van der Waals surface area contributed by atoms with Crippen LogP contribution in [0.4, 0.5) is 5.82 Å². The molecule has 3 aliphatic heterocycles. The van der Waals surface area contributed by atoms with Crippen molar-refractivity contribution < 1.29 is 14.6 Å². The summed E-state index contributed by atoms with van der Waals surface area (Å²) < 4.78 is 5.70. The largest absolute Gasteiger partial charge is 0.493 e. The van der Waals surface area contributed by atoms with Crippen LogP contribution in [0.1, 0.15) is 60.5 Å². The van der Waals surface area contributed by atoms with E-state index in [0.717, 1.165) is 69.1 Å². The minimum absolute atomic E-state index is 0.0644. The molecule has 1 atom stereocenters. The summed E-state index contributed by atoms with van der Waals surface area (Å²) in [6.45, 7) is 3.72. The van der Waals surface area contributed by atoms with E-state index >= 15 is 0 Å². The molecular weight excluding hydrogens is 402 g/mol. The Morgan fingerprint density at radius 1 is 1.19 bits per heavy atom. The van der Waals surface area contributed by atoms with Crippen LogP contribution in [0.15, 0.2) is 30.3 Å². The van der Waals surface area contributed by atoms with E-state index in [1.165, 1.54) is 36.1 Å². The fourth-order valence-corrected chi connectivity index (χ4v) is 5.31. The number of aryl methyl sites for hydroxylation is 2. The molecule has 1 saturated heterocycles. The lowest BCUT2D eigenvalue weighted by molar-refractivity contribution is -0.139. The van der Waals surface area contributed by atoms with Crippen molar-refractivity contribution >= 4 is 11.8 Å². The molecule has 3 aliphatic rings. The molecule has 5 rings (SSSR count). The summed E-state index contributed by atoms with van der Waals surface area (Å²) in [5.74, 6) is 1.94. The van der Waals surface area contributed by atoms with Gasteiger partial charge in [-0.2, -0.15) is 0 Å². The average molecular weight is 436 g/mol. The zero-order valence-electron chi connectivity index (χ0n) is 18.7. The molecule has 0 radical (unpaired) electrons. The normalized spacial score (nSPS) is 18.8. The van der Waals surface area contributed by atoms with Gasteiger partial charge in [0, 0.05) is 37.8 Å². The van der Waals surface area contributed by atoms with Gasteiger partial charge in [-0.3, -0.25) is 9.69 Å². The molecule has 0 aliphatic carbocycles. The van der Waals surface area contributed by atoms with Crippen LogP contribution in [0.25, 0.3) is 0 Å². The van der Waals surface area contributed by atoms with Crippen LogP contribution in [0.3, 0.4) is 0 Å². The number of aliphatic carboxylic acids is 1. The molecule has 32 heavy (non-hydrogen) atoms. The molecular formula is C26H33N3O3. The van der Waals surface area contributed by atoms with E-state index in [1.807, 2.05) is 0 Å². The lowest BCUT2D eigenvalue weighted by Crippen LogP contribution is -2.48. The maximum Gasteiger partial charge on any atom is 0.305 e. The number of hydrogen-bond acceptors (Lipinski definition) is 5. The second kappa shape index (κ2) is 9.49. The Labute approximate surface area is 190 Å². The monoisotopic (exact) mass is 435 g/mol. The molecule has 1 aromatic carbocycles. The van der Waals surface area contributed by atoms with E-state index in [9.17, 15) is 9.90 Å². The Kier molecular flexibility index (Phi) is 6.30. The predicted molar refractivity (Wildman–Crippen MR) is 124 cm³/mol. The van der Waals surface area contributed by atoms with Crippen molar-refractivity contribution in [1.82, 2.24) is 9.88 Å². The number of ether oxygens (including phenoxy) is 1. The molecule has 0 amide bonds. The van der Waals surface area contributed by atoms with E-state index in [2.05, 4.69) is 40.5 Å². The van der Waals surface area contributed by atoms with Crippen molar-refractivity contribution in [2.75, 3.05) is 31.6 Å². The van der Waals surface area contributed by atoms with Crippen LogP contribution in [0, 0.1) is 5.92 Å². The zero-order chi connectivity index (χ0) is 21.9. The minimum Gasteiger partial charge on any atom is -0.493 e. The fraction of sp³-hybridized carbons (Fsp3) is 0.538. The summed E-state index contributed by atoms with van der Waals surface area (Å²) in [5, 5.41) is 12.9. The topological polar surface area (TPSA) is 74.7 Å². The number of benzene rings is 1. The Balaban J connectivity index is 1.09. The number of nitrogens with zero attached hydrogens (tertiary/aromatic N) is 2. The predicted octanol–water partition coefficient (Wildman–Crippen LogP) is 4.24. The zero-order valence-corrected chi connectivity index (χ0v) is 18.7. The number of carboxylic acids is 1. The van der Waals surface area contributed by atoms with Crippen LogP contribution in [-0.2, 0) is 24.1 Å². The lowest BCUT2D eigenvalue weighted by atomic mass is 9.88. The van der Waals surface area contributed by atoms with Crippen molar-refractivity contribution in [2.24, 2.45) is 5.92 Å². The standard InChI is InChI=1S/C26H33N3O3/c30-25(31)15-23(21-8-7-19-11-13-32-24(19)14-21)29-16-18(17-29)4-1-2-6-22-10-9-20-5-3-12-27-26(20)28-22/h7-10,14,18,23H,1-6,11-13,15-17H2,(H,27,28)(H,30,31)/t23-/m0/s1. The van der Waals surface area contributed by atoms with Crippen LogP contribution in [0.5, 0.6) is 5.75 Å². The van der Waals surface area contributed by atoms with Crippen LogP contribution in [-0.4, -0.2) is 47.2 Å². The molecule has 170 valence electrons. The van der Waals surface area contributed by atoms with Crippen molar-refractivity contribution in [3.05, 3.63) is 52.7 Å². The molecule has 1 fully saturated rings. The number of pyridine rings is 1. The van der Waals surface area contributed by atoms with Crippen LogP contribution >= 0.6 is 0 Å². The first-order chi connectivity index (χ1) is 15.7. The number of fused-ring (bicyclic) bond motifs is 2. The van der Waals surface area contributed by atoms with Gasteiger partial charge in [0.15, 0.2) is 0 Å². The van der Waals surface area contributed by atoms with Crippen molar-refractivity contribution in [3.63, 3.8) is 0 Å². The van der Waals surface area contributed by atoms with Crippen LogP contribution < -0.4 is 10.1 Å². The molecule has 0 bridgehead atoms. The van der Waals surface area contributed by atoms with E-state index in [0.29, 0.717) is 5.92 Å². The number of unbranched alkanes of at least 4 members (excludes halogenated alkanes) is 1. The van der Waals surface area contributed by atoms with Crippen molar-refractivity contribution in [2.45, 2.75) is 57.4 Å². The molecule has 6 heteroatoms. The summed E-state index contributed by atoms with van der Waals surface area (Å²) in [5.41, 5.74) is 4.83. The first-order valence-corrected chi connectivity index (χ1v) is 12.1. The van der Waals surface area contributed by atoms with Gasteiger partial charge in [-0.15, -0.1) is 0 Å². The van der Waals surface area contributed by atoms with Gasteiger partial charge in [0.05, 0.1) is 13.0 Å². The number of likely N-dealkylation sites (tertiary alicyclic amines) is 1. The summed E-state index contributed by atoms with van der Waals surface area (Å²) >= 11 is 0. The summed E-state index contributed by atoms with van der Waals surface area (Å²) in [6, 6.07) is 10.6. The van der Waals surface area contributed by atoms with Gasteiger partial charge >= 0.3 is 5.97 Å². The third-order valence-electron chi connectivity index (χ3n) is 7.15. The minimum atomic E-state index is -0.744. The number of carbonyl (C=O) groups is 1. The highest BCUT2D eigenvalue weighted by atomic mass is 16.5. The fourth-order valence-electron chi connectivity index (χ4n) is 5.31. The highest BCUT2D eigenvalue weighted by molar-refractivity contribution is 5.68. The highest BCUT2D eigenvalue weighted by Gasteiger charge is 2.34. The summed E-state index contributed by atoms with van der Waals surface area (Å²) in [4.78, 5) is 18.6. The van der Waals surface area contributed by atoms with Gasteiger partial charge < -0.3 is 15.2 Å². The van der Waals surface area contributed by atoms with E-state index < -0.39 is 5.97 Å². The number of rotatable bonds is 9. The van der Waals surface area contributed by atoms with Gasteiger partial charge in [0.25, 0.3) is 0 Å². The second-order valence-corrected chi connectivity index (χ2v) is 9.49. The van der Waals surface area contributed by atoms with Gasteiger partial charge in [0.2, 0.25) is 0 Å². The average Bonchev–Trinajstić information content (AvgIpc) is 3.24. The number of nitrogens with one attached hydrogen (secondary N) is 1. The van der Waals surface area contributed by atoms with E-state index in [1.54, 1.807) is 0 Å². The number of aromatic nitrogens is 1. The molecule has 6 nitrogen and oxygen atoms in total. The van der Waals surface area contributed by atoms with E-state index in [-0.39, 0.29) is 12.5 Å². The summed E-state index contributed by atoms with van der Waals surface area (Å²) in [7, 11) is 0. The van der Waals surface area contributed by atoms with Gasteiger partial charge in [-0.1, -0.05) is 24.6 Å². The molecule has 2 aromatic rings. The Bertz CT molecular complexity index is 971. The molecule has 0 spiro atoms. The first kappa shape index (κ1) is 21.3. The maximum atomic E-state index is 11.5. The SMILES string of the molecule is O=C(O)C[C@@H](c1ccc2c(c1)OCC2)N1CC(CCCCc2ccc3c(n2)NCCC3)C1. The van der Waals surface area contributed by atoms with Gasteiger partial charge in [-0.25, -0.2) is 4.98 Å². The number of hydrogen-bond donors (Lipinski definition) is 2. The summed E-state index contributed by atoms with van der Waals surface area (Å²) in [6.07, 6.45) is 8.00. The third-order valence-corrected chi connectivity index (χ3v) is 7.15. The molecule has 2 N–H and O–H groups in total. The smallest absolute Gasteiger partial charge is 0.305 e. The number of anilines is 1. The molecule has 4 heterocycles. The maximum absolute atomic E-state index is 11.5. The second-order valence-electron chi connectivity index (χ2n) is 9.49. The van der Waals surface area contributed by atoms with Crippen LogP contribution in [0.2, 0.25) is 0 Å². The molecule has 0 unspecified atom stereocenters. The molecule has 0 saturated carbocycles. The Morgan fingerprint density at radius 3 is 2.94 bits per heavy atom. The Morgan fingerprint density at radius 2 is 2.06 bits per heavy atom. The molecule has 1 aromatic heterocycles. The van der Waals surface area contributed by atoms with Gasteiger partial charge in [0.1, 0.15) is 11.6 Å². The van der Waals surface area contributed by atoms with Gasteiger partial charge in [-0.05, 0) is 66.8 Å². The van der Waals surface area contributed by atoms with E-state index in [4.69, 9.17) is 9.72 Å². The lowest BCUT2D eigenvalue weighted by Gasteiger charge is -2.44. The van der Waals surface area contributed by atoms with Crippen molar-refractivity contribution in [1.29, 1.82) is 0 Å². The number of carboxylic acid groups (broad SMARTS) is 1. The third kappa shape index (κ3) is 4.75. The highest BCUT2D eigenvalue weighted by Crippen LogP contribution is 2.36. The Hall–Kier alpha value is -2.60.